The Balaban J connectivity index is 1.91. The van der Waals surface area contributed by atoms with Gasteiger partial charge in [-0.3, -0.25) is 19.5 Å². The molecular weight excluding hydrogens is 392 g/mol. The highest BCUT2D eigenvalue weighted by atomic mass is 32.2. The molecule has 9 heteroatoms. The first kappa shape index (κ1) is 20.5. The van der Waals surface area contributed by atoms with E-state index in [1.807, 2.05) is 37.3 Å². The Kier molecular flexibility index (Phi) is 6.96. The van der Waals surface area contributed by atoms with E-state index in [1.54, 1.807) is 16.7 Å². The number of hydrogen-bond acceptors (Lipinski definition) is 7. The fourth-order valence-electron chi connectivity index (χ4n) is 2.61. The van der Waals surface area contributed by atoms with Gasteiger partial charge in [-0.25, -0.2) is 0 Å². The monoisotopic (exact) mass is 412 g/mol. The molecule has 0 fully saturated rings. The van der Waals surface area contributed by atoms with Crippen LogP contribution in [0, 0.1) is 10.1 Å². The highest BCUT2D eigenvalue weighted by Gasteiger charge is 2.19. The molecule has 29 heavy (non-hydrogen) atoms. The normalized spacial score (nSPS) is 10.7. The number of para-hydroxylation sites is 1. The van der Waals surface area contributed by atoms with E-state index in [9.17, 15) is 14.9 Å². The number of ether oxygens (including phenoxy) is 1. The molecule has 1 aromatic heterocycles. The number of carbonyl (C=O) groups excluding carboxylic acids is 1. The summed E-state index contributed by atoms with van der Waals surface area (Å²) in [4.78, 5) is 22.6. The van der Waals surface area contributed by atoms with Gasteiger partial charge < -0.3 is 4.74 Å². The number of nitrogens with zero attached hydrogens (tertiary/aromatic N) is 4. The van der Waals surface area contributed by atoms with Crippen molar-refractivity contribution in [3.63, 3.8) is 0 Å². The molecule has 0 saturated carbocycles. The lowest BCUT2D eigenvalue weighted by molar-refractivity contribution is -0.384. The zero-order valence-electron chi connectivity index (χ0n) is 15.9. The Labute approximate surface area is 172 Å². The van der Waals surface area contributed by atoms with E-state index in [4.69, 9.17) is 4.74 Å². The van der Waals surface area contributed by atoms with Crippen LogP contribution in [0.5, 0.6) is 0 Å². The largest absolute Gasteiger partial charge is 0.465 e. The molecule has 0 radical (unpaired) electrons. The Morgan fingerprint density at radius 2 is 1.97 bits per heavy atom. The van der Waals surface area contributed by atoms with Crippen LogP contribution >= 0.6 is 11.8 Å². The van der Waals surface area contributed by atoms with E-state index in [0.29, 0.717) is 23.2 Å². The van der Waals surface area contributed by atoms with Crippen LogP contribution in [-0.4, -0.2) is 38.0 Å². The van der Waals surface area contributed by atoms with Gasteiger partial charge in [0, 0.05) is 23.4 Å². The number of hydrogen-bond donors (Lipinski definition) is 0. The van der Waals surface area contributed by atoms with Gasteiger partial charge in [-0.05, 0) is 18.6 Å². The molecule has 0 atom stereocenters. The van der Waals surface area contributed by atoms with Crippen molar-refractivity contribution in [3.05, 3.63) is 64.7 Å². The predicted molar refractivity (Wildman–Crippen MR) is 110 cm³/mol. The molecule has 3 rings (SSSR count). The Hall–Kier alpha value is -3.20. The number of thioether (sulfide) groups is 1. The first-order valence-corrected chi connectivity index (χ1v) is 10.1. The summed E-state index contributed by atoms with van der Waals surface area (Å²) < 4.78 is 6.97. The van der Waals surface area contributed by atoms with Crippen molar-refractivity contribution in [3.8, 4) is 17.1 Å². The molecule has 0 aliphatic carbocycles. The van der Waals surface area contributed by atoms with Crippen LogP contribution < -0.4 is 0 Å². The van der Waals surface area contributed by atoms with Crippen LogP contribution in [0.25, 0.3) is 17.1 Å². The van der Waals surface area contributed by atoms with Crippen LogP contribution in [0.3, 0.4) is 0 Å². The Morgan fingerprint density at radius 1 is 1.17 bits per heavy atom. The summed E-state index contributed by atoms with van der Waals surface area (Å²) in [6.07, 6.45) is 1.78. The molecule has 0 aliphatic rings. The van der Waals surface area contributed by atoms with E-state index in [1.165, 1.54) is 23.9 Å². The Bertz CT molecular complexity index is 991. The first-order valence-electron chi connectivity index (χ1n) is 9.14. The van der Waals surface area contributed by atoms with E-state index in [0.717, 1.165) is 18.5 Å². The SMILES string of the molecule is CCCCOC(=O)CSc1nnc(-c2cccc([N+](=O)[O-])c2)n1-c1ccccc1. The first-order chi connectivity index (χ1) is 14.1. The number of rotatable bonds is 9. The second-order valence-corrected chi connectivity index (χ2v) is 7.09. The summed E-state index contributed by atoms with van der Waals surface area (Å²) >= 11 is 1.21. The smallest absolute Gasteiger partial charge is 0.316 e. The standard InChI is InChI=1S/C20H20N4O4S/c1-2-3-12-28-18(25)14-29-20-22-21-19(23(20)16-9-5-4-6-10-16)15-8-7-11-17(13-15)24(26)27/h4-11,13H,2-3,12,14H2,1H3. The molecule has 2 aromatic carbocycles. The maximum Gasteiger partial charge on any atom is 0.316 e. The molecular formula is C20H20N4O4S. The number of carbonyl (C=O) groups is 1. The maximum absolute atomic E-state index is 12.0. The predicted octanol–water partition coefficient (Wildman–Crippen LogP) is 4.28. The van der Waals surface area contributed by atoms with Gasteiger partial charge in [0.15, 0.2) is 11.0 Å². The summed E-state index contributed by atoms with van der Waals surface area (Å²) in [6, 6.07) is 15.6. The van der Waals surface area contributed by atoms with Gasteiger partial charge in [-0.1, -0.05) is 55.4 Å². The molecule has 0 N–H and O–H groups in total. The minimum Gasteiger partial charge on any atom is -0.465 e. The highest BCUT2D eigenvalue weighted by Crippen LogP contribution is 2.29. The van der Waals surface area contributed by atoms with Gasteiger partial charge in [-0.15, -0.1) is 10.2 Å². The maximum atomic E-state index is 12.0. The number of nitro benzene ring substituents is 1. The number of aromatic nitrogens is 3. The van der Waals surface area contributed by atoms with Crippen molar-refractivity contribution in [1.29, 1.82) is 0 Å². The molecule has 0 aliphatic heterocycles. The van der Waals surface area contributed by atoms with E-state index < -0.39 is 4.92 Å². The molecule has 1 heterocycles. The van der Waals surface area contributed by atoms with Crippen LogP contribution in [0.15, 0.2) is 59.8 Å². The van der Waals surface area contributed by atoms with Crippen molar-refractivity contribution in [1.82, 2.24) is 14.8 Å². The highest BCUT2D eigenvalue weighted by molar-refractivity contribution is 7.99. The van der Waals surface area contributed by atoms with E-state index in [-0.39, 0.29) is 17.4 Å². The third-order valence-corrected chi connectivity index (χ3v) is 4.95. The third-order valence-electron chi connectivity index (χ3n) is 4.04. The second kappa shape index (κ2) is 9.83. The van der Waals surface area contributed by atoms with Crippen LogP contribution in [0.4, 0.5) is 5.69 Å². The zero-order chi connectivity index (χ0) is 20.6. The molecule has 0 unspecified atom stereocenters. The topological polar surface area (TPSA) is 100 Å². The van der Waals surface area contributed by atoms with Gasteiger partial charge in [0.05, 0.1) is 17.3 Å². The summed E-state index contributed by atoms with van der Waals surface area (Å²) in [5.74, 6) is 0.244. The molecule has 3 aromatic rings. The van der Waals surface area contributed by atoms with Crippen molar-refractivity contribution in [2.45, 2.75) is 24.9 Å². The zero-order valence-corrected chi connectivity index (χ0v) is 16.7. The van der Waals surface area contributed by atoms with Crippen LogP contribution in [-0.2, 0) is 9.53 Å². The fourth-order valence-corrected chi connectivity index (χ4v) is 3.36. The van der Waals surface area contributed by atoms with Gasteiger partial charge in [0.1, 0.15) is 0 Å². The molecule has 8 nitrogen and oxygen atoms in total. The summed E-state index contributed by atoms with van der Waals surface area (Å²) in [7, 11) is 0. The quantitative estimate of drug-likeness (QED) is 0.170. The summed E-state index contributed by atoms with van der Waals surface area (Å²) in [5.41, 5.74) is 1.33. The molecule has 0 bridgehead atoms. The summed E-state index contributed by atoms with van der Waals surface area (Å²) in [5, 5.41) is 20.1. The molecule has 0 saturated heterocycles. The van der Waals surface area contributed by atoms with E-state index >= 15 is 0 Å². The van der Waals surface area contributed by atoms with E-state index in [2.05, 4.69) is 10.2 Å². The number of unbranched alkanes of at least 4 members (excludes halogenated alkanes) is 1. The number of esters is 1. The average Bonchev–Trinajstić information content (AvgIpc) is 3.17. The lowest BCUT2D eigenvalue weighted by Gasteiger charge is -2.10. The van der Waals surface area contributed by atoms with Crippen molar-refractivity contribution in [2.24, 2.45) is 0 Å². The van der Waals surface area contributed by atoms with Crippen molar-refractivity contribution in [2.75, 3.05) is 12.4 Å². The lowest BCUT2D eigenvalue weighted by atomic mass is 10.2. The van der Waals surface area contributed by atoms with Gasteiger partial charge in [0.25, 0.3) is 5.69 Å². The minimum absolute atomic E-state index is 0.0289. The fraction of sp³-hybridized carbons (Fsp3) is 0.250. The average molecular weight is 412 g/mol. The van der Waals surface area contributed by atoms with Crippen LogP contribution in [0.1, 0.15) is 19.8 Å². The summed E-state index contributed by atoms with van der Waals surface area (Å²) in [6.45, 7) is 2.43. The number of nitro groups is 1. The molecule has 0 spiro atoms. The minimum atomic E-state index is -0.450. The Morgan fingerprint density at radius 3 is 2.69 bits per heavy atom. The van der Waals surface area contributed by atoms with Crippen LogP contribution in [0.2, 0.25) is 0 Å². The second-order valence-electron chi connectivity index (χ2n) is 6.15. The molecule has 150 valence electrons. The van der Waals surface area contributed by atoms with Gasteiger partial charge in [0.2, 0.25) is 0 Å². The van der Waals surface area contributed by atoms with Crippen molar-refractivity contribution < 1.29 is 14.5 Å². The van der Waals surface area contributed by atoms with Gasteiger partial charge in [-0.2, -0.15) is 0 Å². The van der Waals surface area contributed by atoms with Crippen molar-refractivity contribution >= 4 is 23.4 Å². The van der Waals surface area contributed by atoms with Gasteiger partial charge >= 0.3 is 5.97 Å². The number of non-ortho nitro benzene ring substituents is 1. The third kappa shape index (κ3) is 5.20. The molecule has 0 amide bonds. The lowest BCUT2D eigenvalue weighted by Crippen LogP contribution is -2.09. The number of benzene rings is 2.